The molecule has 2 aliphatic heterocycles. The Hall–Kier alpha value is -3.88. The molecule has 0 atom stereocenters. The number of carbonyl (C=O) groups excluding carboxylic acids is 1. The van der Waals surface area contributed by atoms with E-state index in [0.29, 0.717) is 35.3 Å². The first-order valence-electron chi connectivity index (χ1n) is 12.8. The predicted molar refractivity (Wildman–Crippen MR) is 146 cm³/mol. The first kappa shape index (κ1) is 24.5. The number of nitrogens with one attached hydrogen (secondary N) is 1. The summed E-state index contributed by atoms with van der Waals surface area (Å²) >= 11 is 6.48. The van der Waals surface area contributed by atoms with E-state index < -0.39 is 0 Å². The third-order valence-corrected chi connectivity index (χ3v) is 7.36. The van der Waals surface area contributed by atoms with Crippen LogP contribution >= 0.6 is 11.6 Å². The van der Waals surface area contributed by atoms with Crippen LogP contribution in [-0.2, 0) is 17.7 Å². The van der Waals surface area contributed by atoms with Gasteiger partial charge >= 0.3 is 0 Å². The fraction of sp³-hybridized carbons (Fsp3) is 0.276. The molecule has 0 spiro atoms. The lowest BCUT2D eigenvalue weighted by Gasteiger charge is -2.23. The topological polar surface area (TPSA) is 93.1 Å². The molecule has 0 unspecified atom stereocenters. The van der Waals surface area contributed by atoms with Crippen LogP contribution in [0.5, 0.6) is 0 Å². The largest absolute Gasteiger partial charge is 0.381 e. The van der Waals surface area contributed by atoms with Gasteiger partial charge in [0.1, 0.15) is 6.33 Å². The van der Waals surface area contributed by atoms with Gasteiger partial charge in [-0.15, -0.1) is 0 Å². The lowest BCUT2D eigenvalue weighted by Crippen LogP contribution is -2.28. The molecule has 1 saturated heterocycles. The Labute approximate surface area is 226 Å². The molecule has 1 amide bonds. The van der Waals surface area contributed by atoms with E-state index >= 15 is 0 Å². The Kier molecular flexibility index (Phi) is 6.98. The molecular formula is C29H27ClN6O2. The van der Waals surface area contributed by atoms with Gasteiger partial charge in [0.25, 0.3) is 5.91 Å². The van der Waals surface area contributed by atoms with Crippen molar-refractivity contribution in [2.24, 2.45) is 0 Å². The molecule has 0 bridgehead atoms. The van der Waals surface area contributed by atoms with Crippen molar-refractivity contribution in [3.05, 3.63) is 89.1 Å². The van der Waals surface area contributed by atoms with Crippen molar-refractivity contribution in [1.29, 1.82) is 0 Å². The number of hydrogen-bond acceptors (Lipinski definition) is 7. The van der Waals surface area contributed by atoms with Crippen molar-refractivity contribution < 1.29 is 9.53 Å². The molecule has 9 heteroatoms. The average Bonchev–Trinajstić information content (AvgIpc) is 3.29. The van der Waals surface area contributed by atoms with E-state index in [9.17, 15) is 4.79 Å². The van der Waals surface area contributed by atoms with Crippen LogP contribution in [0.4, 0.5) is 5.95 Å². The molecule has 1 fully saturated rings. The Balaban J connectivity index is 1.13. The number of nitrogens with zero attached hydrogens (tertiary/aromatic N) is 5. The van der Waals surface area contributed by atoms with Gasteiger partial charge in [-0.2, -0.15) is 0 Å². The number of anilines is 1. The highest BCUT2D eigenvalue weighted by Crippen LogP contribution is 2.32. The zero-order valence-corrected chi connectivity index (χ0v) is 21.6. The van der Waals surface area contributed by atoms with Gasteiger partial charge in [-0.25, -0.2) is 19.9 Å². The van der Waals surface area contributed by atoms with Gasteiger partial charge in [0.05, 0.1) is 16.9 Å². The minimum atomic E-state index is 0.0330. The maximum atomic E-state index is 13.3. The minimum Gasteiger partial charge on any atom is -0.381 e. The maximum absolute atomic E-state index is 13.3. The summed E-state index contributed by atoms with van der Waals surface area (Å²) in [4.78, 5) is 32.4. The maximum Gasteiger partial charge on any atom is 0.254 e. The lowest BCUT2D eigenvalue weighted by molar-refractivity contribution is 0.0780. The van der Waals surface area contributed by atoms with Crippen LogP contribution in [0, 0.1) is 0 Å². The molecule has 6 rings (SSSR count). The van der Waals surface area contributed by atoms with Crippen LogP contribution < -0.4 is 5.32 Å². The van der Waals surface area contributed by atoms with Crippen LogP contribution in [0.2, 0.25) is 5.02 Å². The van der Waals surface area contributed by atoms with E-state index in [1.807, 2.05) is 23.1 Å². The number of fused-ring (bicyclic) bond motifs is 1. The fourth-order valence-corrected chi connectivity index (χ4v) is 5.13. The number of amides is 1. The summed E-state index contributed by atoms with van der Waals surface area (Å²) < 4.78 is 5.43. The van der Waals surface area contributed by atoms with Gasteiger partial charge in [0.15, 0.2) is 0 Å². The summed E-state index contributed by atoms with van der Waals surface area (Å²) in [5, 5.41) is 3.84. The van der Waals surface area contributed by atoms with Gasteiger partial charge in [-0.1, -0.05) is 48.0 Å². The van der Waals surface area contributed by atoms with Crippen molar-refractivity contribution in [3.8, 4) is 22.4 Å². The molecule has 1 N–H and O–H groups in total. The van der Waals surface area contributed by atoms with Crippen LogP contribution in [0.3, 0.4) is 0 Å². The molecule has 4 aromatic rings. The smallest absolute Gasteiger partial charge is 0.254 e. The molecule has 192 valence electrons. The first-order valence-corrected chi connectivity index (χ1v) is 13.2. The molecule has 2 aromatic heterocycles. The summed E-state index contributed by atoms with van der Waals surface area (Å²) in [6, 6.07) is 14.5. The summed E-state index contributed by atoms with van der Waals surface area (Å²) in [5.41, 5.74) is 6.37. The third-order valence-electron chi connectivity index (χ3n) is 7.08. The van der Waals surface area contributed by atoms with Crippen molar-refractivity contribution in [2.45, 2.75) is 31.8 Å². The SMILES string of the molecule is O=C1c2cc(-c3nc(NC4CCOCC4)ncc3Cl)ccc2CN1CCc1ccc(-c2cncnc2)cc1. The molecule has 38 heavy (non-hydrogen) atoms. The number of halogens is 1. The Morgan fingerprint density at radius 3 is 2.53 bits per heavy atom. The lowest BCUT2D eigenvalue weighted by atomic mass is 10.0. The van der Waals surface area contributed by atoms with Gasteiger partial charge in [0.2, 0.25) is 5.95 Å². The normalized spacial score (nSPS) is 15.5. The van der Waals surface area contributed by atoms with Gasteiger partial charge in [0, 0.05) is 61.4 Å². The highest BCUT2D eigenvalue weighted by molar-refractivity contribution is 6.33. The average molecular weight is 527 g/mol. The van der Waals surface area contributed by atoms with Crippen molar-refractivity contribution in [1.82, 2.24) is 24.8 Å². The quantitative estimate of drug-likeness (QED) is 0.360. The monoisotopic (exact) mass is 526 g/mol. The van der Waals surface area contributed by atoms with Gasteiger partial charge in [-0.3, -0.25) is 4.79 Å². The number of rotatable bonds is 7. The zero-order chi connectivity index (χ0) is 25.9. The summed E-state index contributed by atoms with van der Waals surface area (Å²) in [7, 11) is 0. The minimum absolute atomic E-state index is 0.0330. The number of benzene rings is 2. The van der Waals surface area contributed by atoms with E-state index in [1.54, 1.807) is 18.6 Å². The summed E-state index contributed by atoms with van der Waals surface area (Å²) in [6.07, 6.45) is 9.34. The highest BCUT2D eigenvalue weighted by Gasteiger charge is 2.28. The highest BCUT2D eigenvalue weighted by atomic mass is 35.5. The van der Waals surface area contributed by atoms with Crippen LogP contribution in [0.1, 0.15) is 34.3 Å². The number of carbonyl (C=O) groups is 1. The first-order chi connectivity index (χ1) is 18.6. The standard InChI is InChI=1S/C29H27ClN6O2/c30-26-16-33-29(34-24-8-11-38-12-9-24)35-27(26)21-5-6-22-17-36(28(37)25(22)13-21)10-7-19-1-3-20(4-2-19)23-14-31-18-32-15-23/h1-6,13-16,18,24H,7-12,17H2,(H,33,34,35). The third kappa shape index (κ3) is 5.23. The van der Waals surface area contributed by atoms with Gasteiger partial charge < -0.3 is 15.0 Å². The molecule has 2 aromatic carbocycles. The van der Waals surface area contributed by atoms with E-state index in [0.717, 1.165) is 54.7 Å². The van der Waals surface area contributed by atoms with Gasteiger partial charge in [-0.05, 0) is 42.0 Å². The van der Waals surface area contributed by atoms with E-state index in [-0.39, 0.29) is 11.9 Å². The molecule has 8 nitrogen and oxygen atoms in total. The Morgan fingerprint density at radius 2 is 1.74 bits per heavy atom. The molecule has 0 aliphatic carbocycles. The van der Waals surface area contributed by atoms with E-state index in [2.05, 4.69) is 49.5 Å². The predicted octanol–water partition coefficient (Wildman–Crippen LogP) is 5.04. The van der Waals surface area contributed by atoms with Crippen LogP contribution in [-0.4, -0.2) is 56.5 Å². The van der Waals surface area contributed by atoms with Crippen LogP contribution in [0.25, 0.3) is 22.4 Å². The van der Waals surface area contributed by atoms with E-state index in [1.165, 1.54) is 11.9 Å². The number of hydrogen-bond donors (Lipinski definition) is 1. The molecule has 2 aliphatic rings. The summed E-state index contributed by atoms with van der Waals surface area (Å²) in [6.45, 7) is 2.71. The van der Waals surface area contributed by atoms with Crippen molar-refractivity contribution in [2.75, 3.05) is 25.1 Å². The molecule has 4 heterocycles. The molecular weight excluding hydrogens is 500 g/mol. The van der Waals surface area contributed by atoms with Crippen molar-refractivity contribution >= 4 is 23.5 Å². The van der Waals surface area contributed by atoms with Crippen LogP contribution in [0.15, 0.2) is 67.4 Å². The second-order valence-electron chi connectivity index (χ2n) is 9.59. The zero-order valence-electron chi connectivity index (χ0n) is 20.8. The molecule has 0 saturated carbocycles. The van der Waals surface area contributed by atoms with E-state index in [4.69, 9.17) is 16.3 Å². The second kappa shape index (κ2) is 10.8. The second-order valence-corrected chi connectivity index (χ2v) is 10.0. The Bertz CT molecular complexity index is 1440. The summed E-state index contributed by atoms with van der Waals surface area (Å²) in [5.74, 6) is 0.571. The Morgan fingerprint density at radius 1 is 0.974 bits per heavy atom. The molecule has 0 radical (unpaired) electrons. The van der Waals surface area contributed by atoms with Crippen molar-refractivity contribution in [3.63, 3.8) is 0 Å². The number of aromatic nitrogens is 4. The number of ether oxygens (including phenoxy) is 1. The fourth-order valence-electron chi connectivity index (χ4n) is 4.93.